The number of aliphatic hydroxyl groups is 1. The van der Waals surface area contributed by atoms with Crippen LogP contribution in [0.3, 0.4) is 0 Å². The summed E-state index contributed by atoms with van der Waals surface area (Å²) in [6.45, 7) is 9.41. The quantitative estimate of drug-likeness (QED) is 0.869. The van der Waals surface area contributed by atoms with Gasteiger partial charge in [0.1, 0.15) is 5.56 Å². The fourth-order valence-corrected chi connectivity index (χ4v) is 3.33. The number of nitrogens with one attached hydrogen (secondary N) is 1. The first-order chi connectivity index (χ1) is 11.3. The number of aromatic amines is 1. The highest BCUT2D eigenvalue weighted by molar-refractivity contribution is 5.93. The van der Waals surface area contributed by atoms with Crippen LogP contribution in [-0.4, -0.2) is 40.1 Å². The fourth-order valence-electron chi connectivity index (χ4n) is 3.33. The van der Waals surface area contributed by atoms with Gasteiger partial charge in [-0.25, -0.2) is 0 Å². The van der Waals surface area contributed by atoms with Crippen molar-refractivity contribution in [3.63, 3.8) is 0 Å². The molecule has 5 heteroatoms. The molecule has 0 radical (unpaired) electrons. The lowest BCUT2D eigenvalue weighted by molar-refractivity contribution is 0.0384. The summed E-state index contributed by atoms with van der Waals surface area (Å²) in [7, 11) is 0. The van der Waals surface area contributed by atoms with Gasteiger partial charge in [-0.05, 0) is 49.1 Å². The second kappa shape index (κ2) is 7.97. The highest BCUT2D eigenvalue weighted by atomic mass is 16.3. The monoisotopic (exact) mass is 334 g/mol. The highest BCUT2D eigenvalue weighted by Crippen LogP contribution is 2.25. The SMILES string of the molecule is CC(C)C[C@H](O)C1CCN(C(=O)c2ccc(C(C)C)[nH]c2=O)CC1. The van der Waals surface area contributed by atoms with Crippen LogP contribution in [0.15, 0.2) is 16.9 Å². The van der Waals surface area contributed by atoms with E-state index in [2.05, 4.69) is 18.8 Å². The molecule has 1 fully saturated rings. The molecular weight excluding hydrogens is 304 g/mol. The number of pyridine rings is 1. The van der Waals surface area contributed by atoms with Gasteiger partial charge < -0.3 is 15.0 Å². The van der Waals surface area contributed by atoms with Crippen molar-refractivity contribution in [1.29, 1.82) is 0 Å². The Morgan fingerprint density at radius 1 is 1.25 bits per heavy atom. The van der Waals surface area contributed by atoms with Crippen molar-refractivity contribution in [2.24, 2.45) is 11.8 Å². The molecule has 0 aromatic carbocycles. The minimum absolute atomic E-state index is 0.205. The number of carbonyl (C=O) groups is 1. The highest BCUT2D eigenvalue weighted by Gasteiger charge is 2.29. The van der Waals surface area contributed by atoms with Crippen LogP contribution < -0.4 is 5.56 Å². The van der Waals surface area contributed by atoms with Crippen molar-refractivity contribution in [2.45, 2.75) is 59.0 Å². The van der Waals surface area contributed by atoms with Crippen LogP contribution in [0.2, 0.25) is 0 Å². The smallest absolute Gasteiger partial charge is 0.261 e. The van der Waals surface area contributed by atoms with Gasteiger partial charge in [-0.2, -0.15) is 0 Å². The Kier molecular flexibility index (Phi) is 6.21. The zero-order valence-corrected chi connectivity index (χ0v) is 15.2. The van der Waals surface area contributed by atoms with E-state index in [0.29, 0.717) is 19.0 Å². The minimum Gasteiger partial charge on any atom is -0.393 e. The molecule has 1 aliphatic heterocycles. The molecule has 134 valence electrons. The summed E-state index contributed by atoms with van der Waals surface area (Å²) < 4.78 is 0. The zero-order valence-electron chi connectivity index (χ0n) is 15.2. The van der Waals surface area contributed by atoms with Crippen LogP contribution in [0.4, 0.5) is 0 Å². The number of carbonyl (C=O) groups excluding carboxylic acids is 1. The molecule has 1 aliphatic rings. The number of H-pyrrole nitrogens is 1. The van der Waals surface area contributed by atoms with Crippen LogP contribution in [0.25, 0.3) is 0 Å². The van der Waals surface area contributed by atoms with Crippen molar-refractivity contribution in [1.82, 2.24) is 9.88 Å². The maximum atomic E-state index is 12.6. The lowest BCUT2D eigenvalue weighted by Crippen LogP contribution is -2.43. The molecule has 0 spiro atoms. The summed E-state index contributed by atoms with van der Waals surface area (Å²) in [5.74, 6) is 0.735. The molecular formula is C19H30N2O3. The van der Waals surface area contributed by atoms with E-state index in [1.807, 2.05) is 19.9 Å². The predicted molar refractivity (Wildman–Crippen MR) is 95.2 cm³/mol. The molecule has 24 heavy (non-hydrogen) atoms. The van der Waals surface area contributed by atoms with E-state index in [9.17, 15) is 14.7 Å². The van der Waals surface area contributed by atoms with Crippen molar-refractivity contribution >= 4 is 5.91 Å². The molecule has 0 saturated carbocycles. The first-order valence-electron chi connectivity index (χ1n) is 9.00. The van der Waals surface area contributed by atoms with Crippen LogP contribution in [0.5, 0.6) is 0 Å². The maximum Gasteiger partial charge on any atom is 0.261 e. The van der Waals surface area contributed by atoms with Crippen LogP contribution in [-0.2, 0) is 0 Å². The Morgan fingerprint density at radius 2 is 1.88 bits per heavy atom. The van der Waals surface area contributed by atoms with Crippen LogP contribution in [0.1, 0.15) is 68.9 Å². The number of aliphatic hydroxyl groups excluding tert-OH is 1. The summed E-state index contributed by atoms with van der Waals surface area (Å²) in [5, 5.41) is 10.3. The van der Waals surface area contributed by atoms with Gasteiger partial charge in [0.25, 0.3) is 11.5 Å². The average Bonchev–Trinajstić information content (AvgIpc) is 2.53. The van der Waals surface area contributed by atoms with Gasteiger partial charge in [0.2, 0.25) is 0 Å². The fraction of sp³-hybridized carbons (Fsp3) is 0.684. The maximum absolute atomic E-state index is 12.6. The first-order valence-corrected chi connectivity index (χ1v) is 9.00. The third-order valence-electron chi connectivity index (χ3n) is 4.87. The number of hydrogen-bond donors (Lipinski definition) is 2. The van der Waals surface area contributed by atoms with Gasteiger partial charge in [0.05, 0.1) is 6.10 Å². The van der Waals surface area contributed by atoms with E-state index in [1.165, 1.54) is 0 Å². The number of likely N-dealkylation sites (tertiary alicyclic amines) is 1. The van der Waals surface area contributed by atoms with E-state index in [4.69, 9.17) is 0 Å². The molecule has 1 aromatic heterocycles. The number of nitrogens with zero attached hydrogens (tertiary/aromatic N) is 1. The molecule has 2 rings (SSSR count). The van der Waals surface area contributed by atoms with Gasteiger partial charge in [0, 0.05) is 18.8 Å². The molecule has 0 unspecified atom stereocenters. The lowest BCUT2D eigenvalue weighted by atomic mass is 9.87. The van der Waals surface area contributed by atoms with Crippen molar-refractivity contribution in [3.05, 3.63) is 33.7 Å². The Hall–Kier alpha value is -1.62. The molecule has 1 saturated heterocycles. The molecule has 2 heterocycles. The Labute approximate surface area is 144 Å². The molecule has 5 nitrogen and oxygen atoms in total. The van der Waals surface area contributed by atoms with E-state index < -0.39 is 0 Å². The predicted octanol–water partition coefficient (Wildman–Crippen LogP) is 2.76. The average molecular weight is 334 g/mol. The van der Waals surface area contributed by atoms with Crippen LogP contribution in [0, 0.1) is 11.8 Å². The summed E-state index contributed by atoms with van der Waals surface area (Å²) >= 11 is 0. The van der Waals surface area contributed by atoms with Crippen LogP contribution >= 0.6 is 0 Å². The summed E-state index contributed by atoms with van der Waals surface area (Å²) in [6.07, 6.45) is 2.09. The Balaban J connectivity index is 1.99. The van der Waals surface area contributed by atoms with E-state index in [-0.39, 0.29) is 35.0 Å². The molecule has 0 bridgehead atoms. The van der Waals surface area contributed by atoms with Crippen molar-refractivity contribution < 1.29 is 9.90 Å². The Morgan fingerprint density at radius 3 is 2.38 bits per heavy atom. The second-order valence-corrected chi connectivity index (χ2v) is 7.64. The van der Waals surface area contributed by atoms with Gasteiger partial charge >= 0.3 is 0 Å². The lowest BCUT2D eigenvalue weighted by Gasteiger charge is -2.34. The zero-order chi connectivity index (χ0) is 17.9. The number of aromatic nitrogens is 1. The normalized spacial score (nSPS) is 17.5. The largest absolute Gasteiger partial charge is 0.393 e. The first kappa shape index (κ1) is 18.7. The topological polar surface area (TPSA) is 73.4 Å². The number of hydrogen-bond acceptors (Lipinski definition) is 3. The second-order valence-electron chi connectivity index (χ2n) is 7.64. The third kappa shape index (κ3) is 4.47. The summed E-state index contributed by atoms with van der Waals surface area (Å²) in [4.78, 5) is 29.3. The minimum atomic E-state index is -0.312. The summed E-state index contributed by atoms with van der Waals surface area (Å²) in [6, 6.07) is 3.45. The van der Waals surface area contributed by atoms with Gasteiger partial charge in [-0.1, -0.05) is 27.7 Å². The standard InChI is InChI=1S/C19H30N2O3/c1-12(2)11-17(22)14-7-9-21(10-8-14)19(24)15-5-6-16(13(3)4)20-18(15)23/h5-6,12-14,17,22H,7-11H2,1-4H3,(H,20,23)/t17-/m0/s1. The van der Waals surface area contributed by atoms with E-state index >= 15 is 0 Å². The van der Waals surface area contributed by atoms with Gasteiger partial charge in [0.15, 0.2) is 0 Å². The van der Waals surface area contributed by atoms with E-state index in [1.54, 1.807) is 11.0 Å². The summed E-state index contributed by atoms with van der Waals surface area (Å²) in [5.41, 5.74) is 0.737. The number of piperidine rings is 1. The molecule has 1 aromatic rings. The number of rotatable bonds is 5. The third-order valence-corrected chi connectivity index (χ3v) is 4.87. The molecule has 2 N–H and O–H groups in total. The molecule has 1 atom stereocenters. The van der Waals surface area contributed by atoms with Gasteiger partial charge in [-0.15, -0.1) is 0 Å². The number of amides is 1. The molecule has 1 amide bonds. The van der Waals surface area contributed by atoms with Crippen molar-refractivity contribution in [2.75, 3.05) is 13.1 Å². The Bertz CT molecular complexity index is 613. The molecule has 0 aliphatic carbocycles. The van der Waals surface area contributed by atoms with Gasteiger partial charge in [-0.3, -0.25) is 9.59 Å². The van der Waals surface area contributed by atoms with E-state index in [0.717, 1.165) is 25.0 Å². The van der Waals surface area contributed by atoms with Crippen molar-refractivity contribution in [3.8, 4) is 0 Å².